The van der Waals surface area contributed by atoms with E-state index in [0.717, 1.165) is 14.6 Å². The van der Waals surface area contributed by atoms with Gasteiger partial charge in [0, 0.05) is 16.7 Å². The average molecular weight is 413 g/mol. The van der Waals surface area contributed by atoms with Crippen LogP contribution in [0.2, 0.25) is 0 Å². The number of para-hydroxylation sites is 1. The normalized spacial score (nSPS) is 10.2. The highest BCUT2D eigenvalue weighted by molar-refractivity contribution is 9.11. The van der Waals surface area contributed by atoms with Gasteiger partial charge in [-0.1, -0.05) is 34.1 Å². The van der Waals surface area contributed by atoms with Gasteiger partial charge in [-0.05, 0) is 53.2 Å². The minimum atomic E-state index is -0.0708. The van der Waals surface area contributed by atoms with E-state index in [-0.39, 0.29) is 12.5 Å². The molecule has 0 saturated heterocycles. The summed E-state index contributed by atoms with van der Waals surface area (Å²) in [6.07, 6.45) is 0. The maximum Gasteiger partial charge on any atom is 0.264 e. The van der Waals surface area contributed by atoms with E-state index in [1.165, 1.54) is 0 Å². The van der Waals surface area contributed by atoms with Crippen LogP contribution in [0.15, 0.2) is 57.5 Å². The van der Waals surface area contributed by atoms with Crippen LogP contribution < -0.4 is 9.64 Å². The molecule has 1 amide bonds. The molecule has 0 aliphatic heterocycles. The van der Waals surface area contributed by atoms with Crippen LogP contribution in [-0.2, 0) is 4.79 Å². The molecule has 5 heteroatoms. The molecule has 0 spiro atoms. The maximum absolute atomic E-state index is 12.3. The molecule has 0 radical (unpaired) electrons. The highest BCUT2D eigenvalue weighted by Gasteiger charge is 2.14. The molecule has 0 saturated carbocycles. The van der Waals surface area contributed by atoms with Crippen LogP contribution in [0.4, 0.5) is 5.69 Å². The van der Waals surface area contributed by atoms with Crippen LogP contribution in [0.5, 0.6) is 5.75 Å². The Morgan fingerprint density at radius 3 is 2.48 bits per heavy atom. The van der Waals surface area contributed by atoms with Crippen LogP contribution in [0.1, 0.15) is 6.92 Å². The number of likely N-dealkylation sites (N-methyl/N-ethyl adjacent to an activating group) is 1. The number of rotatable bonds is 5. The molecule has 0 aliphatic rings. The van der Waals surface area contributed by atoms with Crippen LogP contribution in [0.25, 0.3) is 0 Å². The van der Waals surface area contributed by atoms with Gasteiger partial charge in [0.1, 0.15) is 5.75 Å². The first-order valence-corrected chi connectivity index (χ1v) is 8.13. The number of ether oxygens (including phenoxy) is 1. The van der Waals surface area contributed by atoms with Crippen LogP contribution in [0, 0.1) is 0 Å². The molecular formula is C16H15Br2NO2. The van der Waals surface area contributed by atoms with E-state index in [4.69, 9.17) is 4.74 Å². The Kier molecular flexibility index (Phi) is 5.82. The quantitative estimate of drug-likeness (QED) is 0.715. The molecule has 0 aliphatic carbocycles. The van der Waals surface area contributed by atoms with Crippen molar-refractivity contribution in [2.75, 3.05) is 18.1 Å². The number of hydrogen-bond acceptors (Lipinski definition) is 2. The van der Waals surface area contributed by atoms with Crippen molar-refractivity contribution in [2.24, 2.45) is 0 Å². The van der Waals surface area contributed by atoms with E-state index < -0.39 is 0 Å². The molecule has 0 fully saturated rings. The smallest absolute Gasteiger partial charge is 0.264 e. The fourth-order valence-corrected chi connectivity index (χ4v) is 3.08. The number of halogens is 2. The first-order chi connectivity index (χ1) is 10.1. The number of hydrogen-bond donors (Lipinski definition) is 0. The lowest BCUT2D eigenvalue weighted by Gasteiger charge is -2.21. The van der Waals surface area contributed by atoms with E-state index in [1.54, 1.807) is 4.90 Å². The molecule has 21 heavy (non-hydrogen) atoms. The summed E-state index contributed by atoms with van der Waals surface area (Å²) in [5.41, 5.74) is 0.878. The van der Waals surface area contributed by atoms with Crippen LogP contribution >= 0.6 is 31.9 Å². The van der Waals surface area contributed by atoms with E-state index in [2.05, 4.69) is 31.9 Å². The van der Waals surface area contributed by atoms with E-state index in [9.17, 15) is 4.79 Å². The summed E-state index contributed by atoms with van der Waals surface area (Å²) in [5.74, 6) is 0.578. The molecule has 0 aromatic heterocycles. The van der Waals surface area contributed by atoms with Gasteiger partial charge in [-0.25, -0.2) is 0 Å². The maximum atomic E-state index is 12.3. The molecule has 3 nitrogen and oxygen atoms in total. The van der Waals surface area contributed by atoms with Gasteiger partial charge in [-0.3, -0.25) is 4.79 Å². The lowest BCUT2D eigenvalue weighted by Crippen LogP contribution is -2.34. The van der Waals surface area contributed by atoms with Gasteiger partial charge in [0.25, 0.3) is 5.91 Å². The van der Waals surface area contributed by atoms with E-state index in [0.29, 0.717) is 12.3 Å². The van der Waals surface area contributed by atoms with Crippen molar-refractivity contribution in [2.45, 2.75) is 6.92 Å². The molecule has 2 rings (SSSR count). The topological polar surface area (TPSA) is 29.5 Å². The predicted molar refractivity (Wildman–Crippen MR) is 91.8 cm³/mol. The number of anilines is 1. The summed E-state index contributed by atoms with van der Waals surface area (Å²) in [4.78, 5) is 14.0. The zero-order valence-electron chi connectivity index (χ0n) is 11.6. The van der Waals surface area contributed by atoms with Crippen molar-refractivity contribution in [3.8, 4) is 5.75 Å². The zero-order chi connectivity index (χ0) is 15.2. The summed E-state index contributed by atoms with van der Waals surface area (Å²) >= 11 is 6.80. The Morgan fingerprint density at radius 2 is 1.86 bits per heavy atom. The first-order valence-electron chi connectivity index (χ1n) is 6.55. The number of benzene rings is 2. The molecule has 0 N–H and O–H groups in total. The molecular weight excluding hydrogens is 398 g/mol. The lowest BCUT2D eigenvalue weighted by atomic mass is 10.3. The highest BCUT2D eigenvalue weighted by Crippen LogP contribution is 2.28. The SMILES string of the molecule is CCN(C(=O)COc1ccc(Br)cc1Br)c1ccccc1. The second kappa shape index (κ2) is 7.61. The Balaban J connectivity index is 2.03. The molecule has 110 valence electrons. The summed E-state index contributed by atoms with van der Waals surface area (Å²) in [7, 11) is 0. The fourth-order valence-electron chi connectivity index (χ4n) is 1.92. The molecule has 0 bridgehead atoms. The third-order valence-corrected chi connectivity index (χ3v) is 4.04. The summed E-state index contributed by atoms with van der Waals surface area (Å²) in [6.45, 7) is 2.55. The monoisotopic (exact) mass is 411 g/mol. The summed E-state index contributed by atoms with van der Waals surface area (Å²) < 4.78 is 7.36. The number of nitrogens with zero attached hydrogens (tertiary/aromatic N) is 1. The van der Waals surface area contributed by atoms with Crippen molar-refractivity contribution in [1.82, 2.24) is 0 Å². The van der Waals surface area contributed by atoms with Gasteiger partial charge in [-0.2, -0.15) is 0 Å². The average Bonchev–Trinajstić information content (AvgIpc) is 2.48. The van der Waals surface area contributed by atoms with Gasteiger partial charge >= 0.3 is 0 Å². The van der Waals surface area contributed by atoms with Gasteiger partial charge < -0.3 is 9.64 Å². The van der Waals surface area contributed by atoms with Crippen molar-refractivity contribution in [3.05, 3.63) is 57.5 Å². The lowest BCUT2D eigenvalue weighted by molar-refractivity contribution is -0.120. The summed E-state index contributed by atoms with van der Waals surface area (Å²) in [5, 5.41) is 0. The van der Waals surface area contributed by atoms with Crippen molar-refractivity contribution < 1.29 is 9.53 Å². The predicted octanol–water partition coefficient (Wildman–Crippen LogP) is 4.64. The van der Waals surface area contributed by atoms with Crippen molar-refractivity contribution >= 4 is 43.5 Å². The van der Waals surface area contributed by atoms with Gasteiger partial charge in [0.05, 0.1) is 4.47 Å². The Hall–Kier alpha value is -1.33. The molecule has 2 aromatic carbocycles. The number of amides is 1. The minimum absolute atomic E-state index is 0.00294. The van der Waals surface area contributed by atoms with Gasteiger partial charge in [-0.15, -0.1) is 0 Å². The first kappa shape index (κ1) is 16.0. The standard InChI is InChI=1S/C16H15Br2NO2/c1-2-19(13-6-4-3-5-7-13)16(20)11-21-15-9-8-12(17)10-14(15)18/h3-10H,2,11H2,1H3. The zero-order valence-corrected chi connectivity index (χ0v) is 14.7. The van der Waals surface area contributed by atoms with Crippen LogP contribution in [0.3, 0.4) is 0 Å². The number of carbonyl (C=O) groups excluding carboxylic acids is 1. The highest BCUT2D eigenvalue weighted by atomic mass is 79.9. The van der Waals surface area contributed by atoms with Gasteiger partial charge in [0.2, 0.25) is 0 Å². The minimum Gasteiger partial charge on any atom is -0.483 e. The van der Waals surface area contributed by atoms with E-state index in [1.807, 2.05) is 55.5 Å². The molecule has 0 atom stereocenters. The van der Waals surface area contributed by atoms with E-state index >= 15 is 0 Å². The largest absolute Gasteiger partial charge is 0.483 e. The Morgan fingerprint density at radius 1 is 1.14 bits per heavy atom. The third-order valence-electron chi connectivity index (χ3n) is 2.93. The van der Waals surface area contributed by atoms with Crippen molar-refractivity contribution in [1.29, 1.82) is 0 Å². The Bertz CT molecular complexity index is 617. The second-order valence-corrected chi connectivity index (χ2v) is 6.11. The number of carbonyl (C=O) groups is 1. The van der Waals surface area contributed by atoms with Crippen LogP contribution in [-0.4, -0.2) is 19.1 Å². The summed E-state index contributed by atoms with van der Waals surface area (Å²) in [6, 6.07) is 15.2. The van der Waals surface area contributed by atoms with Gasteiger partial charge in [0.15, 0.2) is 6.61 Å². The molecule has 0 unspecified atom stereocenters. The Labute approximate surface area is 141 Å². The molecule has 2 aromatic rings. The molecule has 0 heterocycles. The second-order valence-electron chi connectivity index (χ2n) is 4.34. The van der Waals surface area contributed by atoms with Crippen molar-refractivity contribution in [3.63, 3.8) is 0 Å². The fraction of sp³-hybridized carbons (Fsp3) is 0.188. The third kappa shape index (κ3) is 4.32.